The zero-order valence-electron chi connectivity index (χ0n) is 21.4. The van der Waals surface area contributed by atoms with E-state index in [1.807, 2.05) is 42.7 Å². The number of aromatic nitrogens is 2. The summed E-state index contributed by atoms with van der Waals surface area (Å²) in [5, 5.41) is 3.68. The van der Waals surface area contributed by atoms with Crippen LogP contribution in [-0.4, -0.2) is 59.6 Å². The fourth-order valence-electron chi connectivity index (χ4n) is 4.72. The van der Waals surface area contributed by atoms with Crippen LogP contribution in [0, 0.1) is 27.7 Å². The van der Waals surface area contributed by atoms with E-state index in [1.165, 1.54) is 16.8 Å². The third-order valence-corrected chi connectivity index (χ3v) is 7.13. The lowest BCUT2D eigenvalue weighted by Gasteiger charge is -2.37. The summed E-state index contributed by atoms with van der Waals surface area (Å²) in [6, 6.07) is 14.2. The lowest BCUT2D eigenvalue weighted by Crippen LogP contribution is -2.47. The van der Waals surface area contributed by atoms with E-state index < -0.39 is 0 Å². The van der Waals surface area contributed by atoms with Crippen molar-refractivity contribution in [2.45, 2.75) is 34.1 Å². The minimum absolute atomic E-state index is 0. The number of nitrogens with zero attached hydrogens (tertiary/aromatic N) is 4. The maximum absolute atomic E-state index is 12.8. The molecule has 1 aliphatic rings. The third kappa shape index (κ3) is 6.54. The Morgan fingerprint density at radius 3 is 2.31 bits per heavy atom. The number of imidazole rings is 1. The van der Waals surface area contributed by atoms with Gasteiger partial charge in [0.2, 0.25) is 0 Å². The van der Waals surface area contributed by atoms with Gasteiger partial charge in [0.05, 0.1) is 16.4 Å². The van der Waals surface area contributed by atoms with Crippen molar-refractivity contribution < 1.29 is 4.79 Å². The van der Waals surface area contributed by atoms with Crippen molar-refractivity contribution in [3.63, 3.8) is 0 Å². The van der Waals surface area contributed by atoms with Crippen molar-refractivity contribution in [1.82, 2.24) is 19.8 Å². The van der Waals surface area contributed by atoms with Crippen LogP contribution in [0.4, 0.5) is 5.69 Å². The lowest BCUT2D eigenvalue weighted by atomic mass is 10.1. The molecule has 1 aromatic heterocycles. The van der Waals surface area contributed by atoms with Gasteiger partial charge < -0.3 is 10.2 Å². The molecule has 2 aromatic carbocycles. The van der Waals surface area contributed by atoms with Crippen molar-refractivity contribution in [3.8, 4) is 5.69 Å². The quantitative estimate of drug-likeness (QED) is 0.391. The van der Waals surface area contributed by atoms with Crippen LogP contribution in [0.2, 0.25) is 5.02 Å². The van der Waals surface area contributed by atoms with Gasteiger partial charge in [-0.05, 0) is 70.0 Å². The summed E-state index contributed by atoms with van der Waals surface area (Å²) < 4.78 is 1.94. The molecule has 6 nitrogen and oxygen atoms in total. The number of para-hydroxylation sites is 1. The molecule has 0 spiro atoms. The molecule has 2 heterocycles. The van der Waals surface area contributed by atoms with E-state index in [-0.39, 0.29) is 30.7 Å². The molecule has 0 unspecified atom stereocenters. The molecule has 1 aliphatic heterocycles. The maximum atomic E-state index is 12.8. The first-order valence-electron chi connectivity index (χ1n) is 12.0. The van der Waals surface area contributed by atoms with Gasteiger partial charge in [0.1, 0.15) is 11.5 Å². The Morgan fingerprint density at radius 1 is 0.944 bits per heavy atom. The molecule has 1 fully saturated rings. The summed E-state index contributed by atoms with van der Waals surface area (Å²) >= 11 is 6.37. The van der Waals surface area contributed by atoms with E-state index in [9.17, 15) is 4.79 Å². The van der Waals surface area contributed by atoms with Gasteiger partial charge in [0.25, 0.3) is 5.91 Å². The fourth-order valence-corrected chi connectivity index (χ4v) is 4.94. The number of hydrogen-bond donors (Lipinski definition) is 1. The first kappa shape index (κ1) is 30.0. The molecule has 1 saturated heterocycles. The smallest absolute Gasteiger partial charge is 0.271 e. The number of hydrogen-bond acceptors (Lipinski definition) is 4. The number of aryl methyl sites for hydroxylation is 2. The Morgan fingerprint density at radius 2 is 1.61 bits per heavy atom. The van der Waals surface area contributed by atoms with Gasteiger partial charge >= 0.3 is 0 Å². The van der Waals surface area contributed by atoms with Crippen LogP contribution in [0.3, 0.4) is 0 Å². The molecule has 4 rings (SSSR count). The summed E-state index contributed by atoms with van der Waals surface area (Å²) in [5.41, 5.74) is 6.17. The van der Waals surface area contributed by atoms with Crippen molar-refractivity contribution in [3.05, 3.63) is 75.8 Å². The van der Waals surface area contributed by atoms with Gasteiger partial charge in [-0.25, -0.2) is 4.98 Å². The van der Waals surface area contributed by atoms with Crippen LogP contribution < -0.4 is 10.2 Å². The molecule has 0 saturated carbocycles. The Balaban J connectivity index is 0.00000228. The highest BCUT2D eigenvalue weighted by molar-refractivity contribution is 6.32. The average Bonchev–Trinajstić information content (AvgIpc) is 3.13. The molecule has 196 valence electrons. The van der Waals surface area contributed by atoms with Crippen LogP contribution in [0.5, 0.6) is 0 Å². The Kier molecular flexibility index (Phi) is 11.1. The summed E-state index contributed by atoms with van der Waals surface area (Å²) in [6.07, 6.45) is 0.915. The summed E-state index contributed by atoms with van der Waals surface area (Å²) in [6.45, 7) is 14.0. The minimum Gasteiger partial charge on any atom is -0.369 e. The zero-order valence-corrected chi connectivity index (χ0v) is 23.8. The number of carbonyl (C=O) groups is 1. The van der Waals surface area contributed by atoms with Gasteiger partial charge in [0, 0.05) is 38.4 Å². The van der Waals surface area contributed by atoms with Gasteiger partial charge in [-0.1, -0.05) is 35.9 Å². The van der Waals surface area contributed by atoms with Gasteiger partial charge in [-0.2, -0.15) is 0 Å². The lowest BCUT2D eigenvalue weighted by molar-refractivity contribution is 0.0946. The molecule has 36 heavy (non-hydrogen) atoms. The van der Waals surface area contributed by atoms with Gasteiger partial charge in [-0.15, -0.1) is 24.8 Å². The highest BCUT2D eigenvalue weighted by Crippen LogP contribution is 2.25. The molecule has 0 aliphatic carbocycles. The van der Waals surface area contributed by atoms with E-state index in [0.717, 1.165) is 56.4 Å². The number of anilines is 1. The second kappa shape index (κ2) is 13.3. The molecule has 1 N–H and O–H groups in total. The first-order valence-corrected chi connectivity index (χ1v) is 12.4. The standard InChI is InChI=1S/C27H34ClN5O.2ClH/c1-19-9-7-12-24(20(19)2)32-17-15-31(16-18-32)14-8-13-29-27(34)26-21(3)33(22(4)30-26)25-11-6-5-10-23(25)28;;/h5-7,9-12H,8,13-18H2,1-4H3,(H,29,34);2*1H. The van der Waals surface area contributed by atoms with Crippen LogP contribution in [0.1, 0.15) is 39.6 Å². The van der Waals surface area contributed by atoms with E-state index in [4.69, 9.17) is 11.6 Å². The van der Waals surface area contributed by atoms with Crippen LogP contribution in [0.15, 0.2) is 42.5 Å². The zero-order chi connectivity index (χ0) is 24.2. The topological polar surface area (TPSA) is 53.4 Å². The number of nitrogens with one attached hydrogen (secondary N) is 1. The molecular formula is C27H36Cl3N5O. The van der Waals surface area contributed by atoms with Crippen molar-refractivity contribution in [1.29, 1.82) is 0 Å². The predicted molar refractivity (Wildman–Crippen MR) is 154 cm³/mol. The van der Waals surface area contributed by atoms with E-state index in [0.29, 0.717) is 17.3 Å². The summed E-state index contributed by atoms with van der Waals surface area (Å²) in [4.78, 5) is 22.3. The second-order valence-corrected chi connectivity index (χ2v) is 9.44. The highest BCUT2D eigenvalue weighted by atomic mass is 35.5. The van der Waals surface area contributed by atoms with Crippen molar-refractivity contribution >= 4 is 48.0 Å². The molecule has 1 amide bonds. The number of piperazine rings is 1. The highest BCUT2D eigenvalue weighted by Gasteiger charge is 2.21. The summed E-state index contributed by atoms with van der Waals surface area (Å²) in [7, 11) is 0. The van der Waals surface area contributed by atoms with E-state index in [1.54, 1.807) is 0 Å². The third-order valence-electron chi connectivity index (χ3n) is 6.81. The van der Waals surface area contributed by atoms with Crippen molar-refractivity contribution in [2.75, 3.05) is 44.2 Å². The monoisotopic (exact) mass is 551 g/mol. The number of benzene rings is 2. The van der Waals surface area contributed by atoms with Gasteiger partial charge in [0.15, 0.2) is 0 Å². The fraction of sp³-hybridized carbons (Fsp3) is 0.407. The van der Waals surface area contributed by atoms with Crippen molar-refractivity contribution in [2.24, 2.45) is 0 Å². The normalized spacial score (nSPS) is 13.6. The average molecular weight is 553 g/mol. The van der Waals surface area contributed by atoms with Crippen LogP contribution in [-0.2, 0) is 0 Å². The Hall–Kier alpha value is -2.25. The number of halogens is 3. The molecule has 0 bridgehead atoms. The number of amides is 1. The Bertz CT molecular complexity index is 1170. The molecular weight excluding hydrogens is 517 g/mol. The molecule has 3 aromatic rings. The van der Waals surface area contributed by atoms with Crippen LogP contribution >= 0.6 is 36.4 Å². The Labute approximate surface area is 231 Å². The summed E-state index contributed by atoms with van der Waals surface area (Å²) in [5.74, 6) is 0.614. The van der Waals surface area contributed by atoms with Gasteiger partial charge in [-0.3, -0.25) is 14.3 Å². The van der Waals surface area contributed by atoms with E-state index in [2.05, 4.69) is 52.1 Å². The first-order chi connectivity index (χ1) is 16.4. The van der Waals surface area contributed by atoms with Crippen LogP contribution in [0.25, 0.3) is 5.69 Å². The number of rotatable bonds is 7. The van der Waals surface area contributed by atoms with E-state index >= 15 is 0 Å². The largest absolute Gasteiger partial charge is 0.369 e. The minimum atomic E-state index is -0.133. The second-order valence-electron chi connectivity index (χ2n) is 9.04. The molecule has 9 heteroatoms. The predicted octanol–water partition coefficient (Wildman–Crippen LogP) is 5.55. The molecule has 0 atom stereocenters. The SMILES string of the molecule is Cc1cccc(N2CCN(CCCNC(=O)c3nc(C)n(-c4ccccc4Cl)c3C)CC2)c1C.Cl.Cl. The number of carbonyl (C=O) groups excluding carboxylic acids is 1. The molecule has 0 radical (unpaired) electrons. The maximum Gasteiger partial charge on any atom is 0.271 e.